The van der Waals surface area contributed by atoms with Gasteiger partial charge in [0.25, 0.3) is 5.89 Å². The number of morpholine rings is 1. The van der Waals surface area contributed by atoms with Crippen LogP contribution in [0.15, 0.2) is 34.9 Å². The number of hydrogen-bond acceptors (Lipinski definition) is 7. The van der Waals surface area contributed by atoms with E-state index in [0.717, 1.165) is 63.6 Å². The maximum atomic E-state index is 5.48. The van der Waals surface area contributed by atoms with Crippen molar-refractivity contribution in [3.63, 3.8) is 0 Å². The molecule has 1 atom stereocenters. The summed E-state index contributed by atoms with van der Waals surface area (Å²) in [5.74, 6) is 1.51. The Hall–Kier alpha value is -2.26. The summed E-state index contributed by atoms with van der Waals surface area (Å²) in [7, 11) is 0. The number of nitrogens with zero attached hydrogens (tertiary/aromatic N) is 4. The van der Waals surface area contributed by atoms with Gasteiger partial charge in [0.15, 0.2) is 5.69 Å². The lowest BCUT2D eigenvalue weighted by Gasteiger charge is -2.26. The maximum absolute atomic E-state index is 5.48. The van der Waals surface area contributed by atoms with Gasteiger partial charge in [0, 0.05) is 43.4 Å². The number of halogens is 1. The Bertz CT molecular complexity index is 930. The van der Waals surface area contributed by atoms with Gasteiger partial charge in [-0.05, 0) is 30.7 Å². The van der Waals surface area contributed by atoms with E-state index in [2.05, 4.69) is 42.7 Å². The molecular formula is C20H25ClN6O2. The quantitative estimate of drug-likeness (QED) is 0.660. The highest BCUT2D eigenvalue weighted by Crippen LogP contribution is 2.26. The summed E-state index contributed by atoms with van der Waals surface area (Å²) in [6.45, 7) is 6.47. The van der Waals surface area contributed by atoms with E-state index in [1.807, 2.05) is 18.2 Å². The third-order valence-electron chi connectivity index (χ3n) is 5.44. The first-order chi connectivity index (χ1) is 13.8. The highest BCUT2D eigenvalue weighted by atomic mass is 35.5. The minimum absolute atomic E-state index is 0. The topological polar surface area (TPSA) is 92.1 Å². The average Bonchev–Trinajstić information content (AvgIpc) is 3.49. The SMILES string of the molecule is Cl.c1cc(CN2CCOCC2)cc(-c2noc(-c3cc(C4CCNC4)[nH]n3)n2)c1. The molecule has 5 rings (SSSR count). The Labute approximate surface area is 175 Å². The van der Waals surface area contributed by atoms with E-state index in [9.17, 15) is 0 Å². The van der Waals surface area contributed by atoms with Gasteiger partial charge in [-0.25, -0.2) is 0 Å². The molecular weight excluding hydrogens is 392 g/mol. The summed E-state index contributed by atoms with van der Waals surface area (Å²) in [6.07, 6.45) is 1.12. The molecule has 2 fully saturated rings. The van der Waals surface area contributed by atoms with E-state index in [1.165, 1.54) is 5.56 Å². The fourth-order valence-electron chi connectivity index (χ4n) is 3.85. The Balaban J connectivity index is 0.00000205. The molecule has 0 spiro atoms. The van der Waals surface area contributed by atoms with E-state index in [1.54, 1.807) is 0 Å². The summed E-state index contributed by atoms with van der Waals surface area (Å²) in [6, 6.07) is 10.3. The molecule has 2 aliphatic rings. The number of ether oxygens (including phenoxy) is 1. The zero-order valence-electron chi connectivity index (χ0n) is 16.1. The Kier molecular flexibility index (Phi) is 6.25. The van der Waals surface area contributed by atoms with Gasteiger partial charge in [0.1, 0.15) is 0 Å². The summed E-state index contributed by atoms with van der Waals surface area (Å²) in [4.78, 5) is 6.97. The van der Waals surface area contributed by atoms with Crippen LogP contribution in [0.4, 0.5) is 0 Å². The molecule has 154 valence electrons. The van der Waals surface area contributed by atoms with Crippen LogP contribution in [0.1, 0.15) is 23.6 Å². The van der Waals surface area contributed by atoms with E-state index in [0.29, 0.717) is 23.3 Å². The third kappa shape index (κ3) is 4.51. The molecule has 0 saturated carbocycles. The van der Waals surface area contributed by atoms with Crippen LogP contribution in [0.25, 0.3) is 23.0 Å². The monoisotopic (exact) mass is 416 g/mol. The minimum Gasteiger partial charge on any atom is -0.379 e. The number of hydrogen-bond donors (Lipinski definition) is 2. The van der Waals surface area contributed by atoms with Crippen LogP contribution >= 0.6 is 12.4 Å². The second-order valence-corrected chi connectivity index (χ2v) is 7.41. The minimum atomic E-state index is 0. The third-order valence-corrected chi connectivity index (χ3v) is 5.44. The fraction of sp³-hybridized carbons (Fsp3) is 0.450. The molecule has 29 heavy (non-hydrogen) atoms. The van der Waals surface area contributed by atoms with Gasteiger partial charge in [0.2, 0.25) is 5.82 Å². The molecule has 1 unspecified atom stereocenters. The maximum Gasteiger partial charge on any atom is 0.278 e. The van der Waals surface area contributed by atoms with Crippen molar-refractivity contribution in [3.05, 3.63) is 41.6 Å². The Morgan fingerprint density at radius 3 is 2.90 bits per heavy atom. The van der Waals surface area contributed by atoms with Gasteiger partial charge in [-0.15, -0.1) is 12.4 Å². The molecule has 2 N–H and O–H groups in total. The van der Waals surface area contributed by atoms with Crippen LogP contribution in [0, 0.1) is 0 Å². The molecule has 0 radical (unpaired) electrons. The molecule has 8 nitrogen and oxygen atoms in total. The molecule has 2 aromatic heterocycles. The van der Waals surface area contributed by atoms with Gasteiger partial charge in [-0.1, -0.05) is 23.4 Å². The second-order valence-electron chi connectivity index (χ2n) is 7.41. The van der Waals surface area contributed by atoms with Crippen molar-refractivity contribution in [2.24, 2.45) is 0 Å². The highest BCUT2D eigenvalue weighted by molar-refractivity contribution is 5.85. The first-order valence-corrected chi connectivity index (χ1v) is 9.85. The molecule has 0 aliphatic carbocycles. The van der Waals surface area contributed by atoms with Gasteiger partial charge in [-0.3, -0.25) is 10.00 Å². The molecule has 3 aromatic rings. The van der Waals surface area contributed by atoms with Crippen molar-refractivity contribution in [2.45, 2.75) is 18.9 Å². The normalized spacial score (nSPS) is 19.9. The van der Waals surface area contributed by atoms with Crippen LogP contribution in [-0.2, 0) is 11.3 Å². The Morgan fingerprint density at radius 1 is 1.17 bits per heavy atom. The largest absolute Gasteiger partial charge is 0.379 e. The van der Waals surface area contributed by atoms with E-state index >= 15 is 0 Å². The van der Waals surface area contributed by atoms with E-state index in [-0.39, 0.29) is 12.4 Å². The number of benzene rings is 1. The standard InChI is InChI=1S/C20H24N6O2.ClH/c1-2-14(13-26-6-8-27-9-7-26)10-15(3-1)19-22-20(28-25-19)18-11-17(23-24-18)16-4-5-21-12-16;/h1-3,10-11,16,21H,4-9,12-13H2,(H,23,24);1H. The van der Waals surface area contributed by atoms with Crippen LogP contribution in [0.5, 0.6) is 0 Å². The predicted octanol–water partition coefficient (Wildman–Crippen LogP) is 2.46. The number of rotatable bonds is 5. The van der Waals surface area contributed by atoms with Crippen molar-refractivity contribution < 1.29 is 9.26 Å². The fourth-order valence-corrected chi connectivity index (χ4v) is 3.85. The smallest absolute Gasteiger partial charge is 0.278 e. The summed E-state index contributed by atoms with van der Waals surface area (Å²) in [5, 5.41) is 15.0. The Morgan fingerprint density at radius 2 is 2.07 bits per heavy atom. The average molecular weight is 417 g/mol. The molecule has 0 amide bonds. The van der Waals surface area contributed by atoms with Gasteiger partial charge >= 0.3 is 0 Å². The van der Waals surface area contributed by atoms with Gasteiger partial charge in [0.05, 0.1) is 13.2 Å². The first-order valence-electron chi connectivity index (χ1n) is 9.85. The number of nitrogens with one attached hydrogen (secondary N) is 2. The number of H-pyrrole nitrogens is 1. The lowest BCUT2D eigenvalue weighted by molar-refractivity contribution is 0.0342. The van der Waals surface area contributed by atoms with Crippen molar-refractivity contribution in [1.82, 2.24) is 30.6 Å². The van der Waals surface area contributed by atoms with Crippen molar-refractivity contribution in [3.8, 4) is 23.0 Å². The molecule has 4 heterocycles. The summed E-state index contributed by atoms with van der Waals surface area (Å²) >= 11 is 0. The summed E-state index contributed by atoms with van der Waals surface area (Å²) in [5.41, 5.74) is 4.01. The highest BCUT2D eigenvalue weighted by Gasteiger charge is 2.21. The summed E-state index contributed by atoms with van der Waals surface area (Å²) < 4.78 is 10.9. The van der Waals surface area contributed by atoms with Crippen LogP contribution < -0.4 is 5.32 Å². The number of aromatic amines is 1. The van der Waals surface area contributed by atoms with Gasteiger partial charge in [-0.2, -0.15) is 10.1 Å². The van der Waals surface area contributed by atoms with Crippen LogP contribution in [0.2, 0.25) is 0 Å². The number of aromatic nitrogens is 4. The molecule has 9 heteroatoms. The molecule has 0 bridgehead atoms. The van der Waals surface area contributed by atoms with E-state index in [4.69, 9.17) is 9.26 Å². The van der Waals surface area contributed by atoms with Crippen molar-refractivity contribution in [1.29, 1.82) is 0 Å². The first kappa shape index (κ1) is 20.0. The van der Waals surface area contributed by atoms with E-state index < -0.39 is 0 Å². The molecule has 2 aliphatic heterocycles. The zero-order chi connectivity index (χ0) is 18.8. The lowest BCUT2D eigenvalue weighted by atomic mass is 10.1. The van der Waals surface area contributed by atoms with Crippen molar-refractivity contribution in [2.75, 3.05) is 39.4 Å². The van der Waals surface area contributed by atoms with Crippen molar-refractivity contribution >= 4 is 12.4 Å². The van der Waals surface area contributed by atoms with Crippen LogP contribution in [-0.4, -0.2) is 64.6 Å². The second kappa shape index (κ2) is 9.04. The lowest BCUT2D eigenvalue weighted by Crippen LogP contribution is -2.35. The predicted molar refractivity (Wildman–Crippen MR) is 111 cm³/mol. The van der Waals surface area contributed by atoms with Gasteiger partial charge < -0.3 is 14.6 Å². The molecule has 1 aromatic carbocycles. The van der Waals surface area contributed by atoms with Crippen LogP contribution in [0.3, 0.4) is 0 Å². The zero-order valence-corrected chi connectivity index (χ0v) is 17.0. The molecule has 2 saturated heterocycles.